The molecule has 1 N–H and O–H groups in total. The molecule has 9 heteroatoms. The quantitative estimate of drug-likeness (QED) is 0.392. The van der Waals surface area contributed by atoms with Gasteiger partial charge in [0, 0.05) is 29.3 Å². The Bertz CT molecular complexity index is 1180. The Balaban J connectivity index is 1.92. The largest absolute Gasteiger partial charge is 0.497 e. The van der Waals surface area contributed by atoms with Gasteiger partial charge in [-0.2, -0.15) is 5.26 Å². The molecule has 3 rings (SSSR count). The average Bonchev–Trinajstić information content (AvgIpc) is 3.33. The number of thiazole rings is 1. The lowest BCUT2D eigenvalue weighted by atomic mass is 10.1. The second-order valence-electron chi connectivity index (χ2n) is 6.32. The van der Waals surface area contributed by atoms with Crippen molar-refractivity contribution in [2.45, 2.75) is 0 Å². The number of allylic oxidation sites excluding steroid dienone is 1. The first kappa shape index (κ1) is 22.7. The lowest BCUT2D eigenvalue weighted by Gasteiger charge is -2.13. The molecule has 0 aliphatic rings. The third-order valence-corrected chi connectivity index (χ3v) is 5.42. The van der Waals surface area contributed by atoms with Crippen molar-refractivity contribution in [1.29, 1.82) is 5.26 Å². The van der Waals surface area contributed by atoms with Crippen LogP contribution in [0.15, 0.2) is 48.0 Å². The van der Waals surface area contributed by atoms with Gasteiger partial charge in [0.05, 0.1) is 45.4 Å². The van der Waals surface area contributed by atoms with E-state index in [0.717, 1.165) is 17.0 Å². The van der Waals surface area contributed by atoms with Gasteiger partial charge in [-0.15, -0.1) is 11.3 Å². The van der Waals surface area contributed by atoms with E-state index in [2.05, 4.69) is 16.4 Å². The Labute approximate surface area is 189 Å². The number of hydrogen-bond donors (Lipinski definition) is 1. The summed E-state index contributed by atoms with van der Waals surface area (Å²) in [5.41, 5.74) is 2.59. The van der Waals surface area contributed by atoms with Crippen molar-refractivity contribution < 1.29 is 23.7 Å². The molecular formula is C23H21N3O5S. The van der Waals surface area contributed by atoms with E-state index in [9.17, 15) is 10.1 Å². The lowest BCUT2D eigenvalue weighted by Crippen LogP contribution is -2.07. The predicted octanol–water partition coefficient (Wildman–Crippen LogP) is 4.60. The van der Waals surface area contributed by atoms with Crippen molar-refractivity contribution in [3.05, 3.63) is 58.5 Å². The number of aromatic nitrogens is 1. The summed E-state index contributed by atoms with van der Waals surface area (Å²) >= 11 is 1.34. The van der Waals surface area contributed by atoms with E-state index in [4.69, 9.17) is 18.9 Å². The SMILES string of the molecule is COC(=O)c1cc(OC)c(OC)cc1N/C=C(\C#N)c1nc(-c2ccc(OC)cc2)cs1. The molecule has 0 fully saturated rings. The van der Waals surface area contributed by atoms with Crippen molar-refractivity contribution in [3.8, 4) is 34.6 Å². The van der Waals surface area contributed by atoms with Gasteiger partial charge in [-0.3, -0.25) is 0 Å². The van der Waals surface area contributed by atoms with Crippen molar-refractivity contribution in [2.24, 2.45) is 0 Å². The number of nitrogens with one attached hydrogen (secondary N) is 1. The summed E-state index contributed by atoms with van der Waals surface area (Å²) < 4.78 is 20.6. The third-order valence-electron chi connectivity index (χ3n) is 4.54. The Morgan fingerprint density at radius 3 is 2.34 bits per heavy atom. The van der Waals surface area contributed by atoms with Crippen LogP contribution in [0.5, 0.6) is 17.2 Å². The highest BCUT2D eigenvalue weighted by molar-refractivity contribution is 7.11. The molecule has 32 heavy (non-hydrogen) atoms. The van der Waals surface area contributed by atoms with E-state index in [0.29, 0.717) is 27.8 Å². The first-order valence-electron chi connectivity index (χ1n) is 9.36. The zero-order valence-electron chi connectivity index (χ0n) is 18.0. The van der Waals surface area contributed by atoms with E-state index in [-0.39, 0.29) is 5.56 Å². The minimum absolute atomic E-state index is 0.233. The third kappa shape index (κ3) is 4.82. The monoisotopic (exact) mass is 451 g/mol. The number of nitrogens with zero attached hydrogens (tertiary/aromatic N) is 2. The summed E-state index contributed by atoms with van der Waals surface area (Å²) in [6.07, 6.45) is 1.49. The van der Waals surface area contributed by atoms with Crippen LogP contribution in [0.4, 0.5) is 5.69 Å². The molecule has 0 aliphatic heterocycles. The van der Waals surface area contributed by atoms with Gasteiger partial charge < -0.3 is 24.3 Å². The highest BCUT2D eigenvalue weighted by Gasteiger charge is 2.18. The molecule has 2 aromatic carbocycles. The van der Waals surface area contributed by atoms with Crippen LogP contribution in [0.25, 0.3) is 16.8 Å². The van der Waals surface area contributed by atoms with E-state index >= 15 is 0 Å². The molecule has 3 aromatic rings. The minimum Gasteiger partial charge on any atom is -0.497 e. The van der Waals surface area contributed by atoms with Gasteiger partial charge in [-0.1, -0.05) is 0 Å². The molecule has 0 radical (unpaired) electrons. The summed E-state index contributed by atoms with van der Waals surface area (Å²) in [6.45, 7) is 0. The topological polar surface area (TPSA) is 103 Å². The average molecular weight is 452 g/mol. The van der Waals surface area contributed by atoms with E-state index in [1.165, 1.54) is 44.9 Å². The molecule has 0 unspecified atom stereocenters. The zero-order chi connectivity index (χ0) is 23.1. The van der Waals surface area contributed by atoms with Crippen LogP contribution in [0.1, 0.15) is 15.4 Å². The maximum absolute atomic E-state index is 12.2. The molecule has 8 nitrogen and oxygen atoms in total. The molecular weight excluding hydrogens is 430 g/mol. The fourth-order valence-corrected chi connectivity index (χ4v) is 3.66. The van der Waals surface area contributed by atoms with Crippen LogP contribution >= 0.6 is 11.3 Å². The summed E-state index contributed by atoms with van der Waals surface area (Å²) in [7, 11) is 5.86. The number of esters is 1. The Hall–Kier alpha value is -4.03. The van der Waals surface area contributed by atoms with Crippen molar-refractivity contribution >= 4 is 28.6 Å². The zero-order valence-corrected chi connectivity index (χ0v) is 18.8. The number of nitriles is 1. The van der Waals surface area contributed by atoms with Gasteiger partial charge in [0.15, 0.2) is 11.5 Å². The Kier molecular flexibility index (Phi) is 7.31. The van der Waals surface area contributed by atoms with E-state index in [1.54, 1.807) is 13.2 Å². The van der Waals surface area contributed by atoms with Crippen LogP contribution in [0.2, 0.25) is 0 Å². The summed E-state index contributed by atoms with van der Waals surface area (Å²) in [6, 6.07) is 12.8. The molecule has 0 saturated heterocycles. The molecule has 0 bridgehead atoms. The fraction of sp³-hybridized carbons (Fsp3) is 0.174. The second-order valence-corrected chi connectivity index (χ2v) is 7.18. The molecule has 164 valence electrons. The molecule has 0 saturated carbocycles. The van der Waals surface area contributed by atoms with Crippen LogP contribution in [-0.4, -0.2) is 39.4 Å². The van der Waals surface area contributed by atoms with Gasteiger partial charge in [-0.25, -0.2) is 9.78 Å². The van der Waals surface area contributed by atoms with E-state index in [1.807, 2.05) is 29.6 Å². The smallest absolute Gasteiger partial charge is 0.340 e. The molecule has 1 heterocycles. The van der Waals surface area contributed by atoms with E-state index < -0.39 is 5.97 Å². The number of methoxy groups -OCH3 is 4. The Morgan fingerprint density at radius 1 is 1.06 bits per heavy atom. The Morgan fingerprint density at radius 2 is 1.75 bits per heavy atom. The second kappa shape index (κ2) is 10.3. The normalized spacial score (nSPS) is 10.8. The number of hydrogen-bond acceptors (Lipinski definition) is 9. The molecule has 0 atom stereocenters. The number of rotatable bonds is 8. The first-order valence-corrected chi connectivity index (χ1v) is 10.2. The maximum Gasteiger partial charge on any atom is 0.340 e. The molecule has 1 aromatic heterocycles. The maximum atomic E-state index is 12.2. The number of anilines is 1. The summed E-state index contributed by atoms with van der Waals surface area (Å²) in [5.74, 6) is 0.997. The number of benzene rings is 2. The minimum atomic E-state index is -0.559. The highest BCUT2D eigenvalue weighted by atomic mass is 32.1. The van der Waals surface area contributed by atoms with Crippen LogP contribution in [0.3, 0.4) is 0 Å². The van der Waals surface area contributed by atoms with Gasteiger partial charge in [0.2, 0.25) is 0 Å². The lowest BCUT2D eigenvalue weighted by molar-refractivity contribution is 0.0601. The fourth-order valence-electron chi connectivity index (χ4n) is 2.86. The van der Waals surface area contributed by atoms with Crippen LogP contribution in [0, 0.1) is 11.3 Å². The standard InChI is InChI=1S/C23H21N3O5S/c1-28-16-7-5-14(6-8-16)19-13-32-22(26-19)15(11-24)12-25-18-10-21(30-3)20(29-2)9-17(18)23(27)31-4/h5-10,12-13,25H,1-4H3/b15-12+. The molecule has 0 spiro atoms. The molecule has 0 aliphatic carbocycles. The van der Waals surface area contributed by atoms with Gasteiger partial charge in [0.1, 0.15) is 22.4 Å². The van der Waals surface area contributed by atoms with Crippen LogP contribution < -0.4 is 19.5 Å². The van der Waals surface area contributed by atoms with Crippen LogP contribution in [-0.2, 0) is 4.74 Å². The highest BCUT2D eigenvalue weighted by Crippen LogP contribution is 2.34. The number of carbonyl (C=O) groups excluding carboxylic acids is 1. The van der Waals surface area contributed by atoms with Gasteiger partial charge in [0.25, 0.3) is 0 Å². The summed E-state index contributed by atoms with van der Waals surface area (Å²) in [4.78, 5) is 16.8. The molecule has 0 amide bonds. The summed E-state index contributed by atoms with van der Waals surface area (Å²) in [5, 5.41) is 15.1. The van der Waals surface area contributed by atoms with Crippen molar-refractivity contribution in [3.63, 3.8) is 0 Å². The van der Waals surface area contributed by atoms with Crippen molar-refractivity contribution in [1.82, 2.24) is 4.98 Å². The number of ether oxygens (including phenoxy) is 4. The number of carbonyl (C=O) groups is 1. The van der Waals surface area contributed by atoms with Crippen molar-refractivity contribution in [2.75, 3.05) is 33.8 Å². The predicted molar refractivity (Wildman–Crippen MR) is 122 cm³/mol. The van der Waals surface area contributed by atoms with Gasteiger partial charge >= 0.3 is 5.97 Å². The first-order chi connectivity index (χ1) is 15.5. The van der Waals surface area contributed by atoms with Gasteiger partial charge in [-0.05, 0) is 24.3 Å².